The second-order valence-electron chi connectivity index (χ2n) is 5.48. The molecule has 0 aliphatic carbocycles. The Labute approximate surface area is 128 Å². The standard InChI is InChI=1S/C17H30O4/c1-3-4-5-6-7-8-9-10-11-12-13-21-16(18)14-15(2)17(19)20/h14H,3-13H2,1-2H3,(H,19,20)/b15-14-. The van der Waals surface area contributed by atoms with Gasteiger partial charge in [-0.3, -0.25) is 0 Å². The summed E-state index contributed by atoms with van der Waals surface area (Å²) in [6.45, 7) is 3.98. The zero-order valence-corrected chi connectivity index (χ0v) is 13.5. The van der Waals surface area contributed by atoms with Gasteiger partial charge in [0.05, 0.1) is 6.61 Å². The average molecular weight is 298 g/mol. The number of carbonyl (C=O) groups excluding carboxylic acids is 1. The molecule has 0 spiro atoms. The van der Waals surface area contributed by atoms with Crippen LogP contribution in [-0.4, -0.2) is 23.7 Å². The predicted octanol–water partition coefficient (Wildman–Crippen LogP) is 4.48. The molecular weight excluding hydrogens is 268 g/mol. The van der Waals surface area contributed by atoms with Crippen LogP contribution < -0.4 is 0 Å². The van der Waals surface area contributed by atoms with Crippen LogP contribution in [0.2, 0.25) is 0 Å². The van der Waals surface area contributed by atoms with E-state index in [-0.39, 0.29) is 5.57 Å². The lowest BCUT2D eigenvalue weighted by atomic mass is 10.1. The number of aliphatic carboxylic acids is 1. The lowest BCUT2D eigenvalue weighted by Crippen LogP contribution is -2.06. The van der Waals surface area contributed by atoms with Crippen LogP contribution in [-0.2, 0) is 14.3 Å². The van der Waals surface area contributed by atoms with E-state index in [2.05, 4.69) is 6.92 Å². The van der Waals surface area contributed by atoms with Crippen molar-refractivity contribution in [1.82, 2.24) is 0 Å². The molecule has 0 aromatic carbocycles. The summed E-state index contributed by atoms with van der Waals surface area (Å²) in [7, 11) is 0. The van der Waals surface area contributed by atoms with Crippen LogP contribution in [0.5, 0.6) is 0 Å². The molecule has 0 unspecified atom stereocenters. The third-order valence-corrected chi connectivity index (χ3v) is 3.41. The second-order valence-corrected chi connectivity index (χ2v) is 5.48. The van der Waals surface area contributed by atoms with Gasteiger partial charge in [0, 0.05) is 11.6 Å². The van der Waals surface area contributed by atoms with Crippen molar-refractivity contribution in [2.75, 3.05) is 6.61 Å². The molecule has 0 saturated carbocycles. The monoisotopic (exact) mass is 298 g/mol. The van der Waals surface area contributed by atoms with Crippen LogP contribution in [0.15, 0.2) is 11.6 Å². The molecule has 0 atom stereocenters. The molecule has 122 valence electrons. The molecule has 4 heteroatoms. The third-order valence-electron chi connectivity index (χ3n) is 3.41. The first kappa shape index (κ1) is 19.7. The summed E-state index contributed by atoms with van der Waals surface area (Å²) >= 11 is 0. The first-order valence-electron chi connectivity index (χ1n) is 8.16. The molecule has 21 heavy (non-hydrogen) atoms. The van der Waals surface area contributed by atoms with Crippen molar-refractivity contribution in [3.63, 3.8) is 0 Å². The van der Waals surface area contributed by atoms with Gasteiger partial charge in [-0.1, -0.05) is 64.7 Å². The molecule has 0 rings (SSSR count). The third kappa shape index (κ3) is 13.4. The fraction of sp³-hybridized carbons (Fsp3) is 0.765. The Bertz CT molecular complexity index is 321. The van der Waals surface area contributed by atoms with Crippen molar-refractivity contribution >= 4 is 11.9 Å². The van der Waals surface area contributed by atoms with Gasteiger partial charge < -0.3 is 9.84 Å². The second kappa shape index (κ2) is 13.7. The highest BCUT2D eigenvalue weighted by Crippen LogP contribution is 2.10. The van der Waals surface area contributed by atoms with Gasteiger partial charge in [0.2, 0.25) is 0 Å². The molecule has 0 aliphatic rings. The molecule has 0 fully saturated rings. The lowest BCUT2D eigenvalue weighted by Gasteiger charge is -2.03. The summed E-state index contributed by atoms with van der Waals surface area (Å²) < 4.78 is 4.96. The largest absolute Gasteiger partial charge is 0.478 e. The number of ether oxygens (including phenoxy) is 1. The maximum atomic E-state index is 11.3. The minimum atomic E-state index is -1.09. The summed E-state index contributed by atoms with van der Waals surface area (Å²) in [4.78, 5) is 21.8. The normalized spacial score (nSPS) is 11.4. The smallest absolute Gasteiger partial charge is 0.331 e. The van der Waals surface area contributed by atoms with Gasteiger partial charge in [0.1, 0.15) is 0 Å². The average Bonchev–Trinajstić information content (AvgIpc) is 2.44. The molecule has 0 aliphatic heterocycles. The highest BCUT2D eigenvalue weighted by molar-refractivity contribution is 5.94. The van der Waals surface area contributed by atoms with Gasteiger partial charge in [-0.25, -0.2) is 9.59 Å². The number of carboxylic acids is 1. The van der Waals surface area contributed by atoms with Crippen molar-refractivity contribution in [2.45, 2.75) is 78.1 Å². The minimum Gasteiger partial charge on any atom is -0.478 e. The number of hydrogen-bond donors (Lipinski definition) is 1. The molecule has 4 nitrogen and oxygen atoms in total. The molecule has 1 N–H and O–H groups in total. The number of esters is 1. The van der Waals surface area contributed by atoms with Gasteiger partial charge in [-0.05, 0) is 13.3 Å². The molecule has 0 aromatic rings. The van der Waals surface area contributed by atoms with Gasteiger partial charge in [-0.15, -0.1) is 0 Å². The van der Waals surface area contributed by atoms with Crippen molar-refractivity contribution in [2.24, 2.45) is 0 Å². The van der Waals surface area contributed by atoms with Crippen molar-refractivity contribution in [3.8, 4) is 0 Å². The topological polar surface area (TPSA) is 63.6 Å². The van der Waals surface area contributed by atoms with Crippen LogP contribution in [0.4, 0.5) is 0 Å². The van der Waals surface area contributed by atoms with E-state index in [1.807, 2.05) is 0 Å². The summed E-state index contributed by atoms with van der Waals surface area (Å²) in [5.41, 5.74) is 0.00285. The lowest BCUT2D eigenvalue weighted by molar-refractivity contribution is -0.139. The minimum absolute atomic E-state index is 0.00285. The number of carboxylic acid groups (broad SMARTS) is 1. The number of carbonyl (C=O) groups is 2. The molecular formula is C17H30O4. The van der Waals surface area contributed by atoms with E-state index in [1.165, 1.54) is 58.3 Å². The van der Waals surface area contributed by atoms with Crippen LogP contribution in [0, 0.1) is 0 Å². The highest BCUT2D eigenvalue weighted by atomic mass is 16.5. The summed E-state index contributed by atoms with van der Waals surface area (Å²) in [5, 5.41) is 8.61. The first-order valence-corrected chi connectivity index (χ1v) is 8.16. The SMILES string of the molecule is CCCCCCCCCCCCOC(=O)/C=C(/C)C(=O)O. The zero-order chi connectivity index (χ0) is 15.9. The van der Waals surface area contributed by atoms with Crippen LogP contribution in [0.25, 0.3) is 0 Å². The summed E-state index contributed by atoms with van der Waals surface area (Å²) in [6.07, 6.45) is 13.3. The van der Waals surface area contributed by atoms with E-state index in [1.54, 1.807) is 0 Å². The fourth-order valence-corrected chi connectivity index (χ4v) is 2.04. The number of hydrogen-bond acceptors (Lipinski definition) is 3. The Morgan fingerprint density at radius 2 is 1.38 bits per heavy atom. The summed E-state index contributed by atoms with van der Waals surface area (Å²) in [6, 6.07) is 0. The van der Waals surface area contributed by atoms with Crippen LogP contribution in [0.1, 0.15) is 78.1 Å². The Morgan fingerprint density at radius 3 is 1.86 bits per heavy atom. The van der Waals surface area contributed by atoms with Gasteiger partial charge in [-0.2, -0.15) is 0 Å². The van der Waals surface area contributed by atoms with Crippen molar-refractivity contribution in [3.05, 3.63) is 11.6 Å². The Balaban J connectivity index is 3.35. The van der Waals surface area contributed by atoms with E-state index < -0.39 is 11.9 Å². The maximum absolute atomic E-state index is 11.3. The van der Waals surface area contributed by atoms with E-state index in [4.69, 9.17) is 9.84 Å². The molecule has 0 amide bonds. The molecule has 0 saturated heterocycles. The van der Waals surface area contributed by atoms with E-state index in [0.29, 0.717) is 6.61 Å². The fourth-order valence-electron chi connectivity index (χ4n) is 2.04. The van der Waals surface area contributed by atoms with Gasteiger partial charge in [0.25, 0.3) is 0 Å². The molecule has 0 radical (unpaired) electrons. The maximum Gasteiger partial charge on any atom is 0.331 e. The van der Waals surface area contributed by atoms with Crippen molar-refractivity contribution < 1.29 is 19.4 Å². The highest BCUT2D eigenvalue weighted by Gasteiger charge is 2.04. The van der Waals surface area contributed by atoms with E-state index in [0.717, 1.165) is 18.9 Å². The Kier molecular flexibility index (Phi) is 12.8. The predicted molar refractivity (Wildman–Crippen MR) is 84.2 cm³/mol. The Morgan fingerprint density at radius 1 is 0.905 bits per heavy atom. The van der Waals surface area contributed by atoms with Crippen LogP contribution >= 0.6 is 0 Å². The Hall–Kier alpha value is -1.32. The summed E-state index contributed by atoms with van der Waals surface area (Å²) in [5.74, 6) is -1.66. The van der Waals surface area contributed by atoms with Crippen LogP contribution in [0.3, 0.4) is 0 Å². The number of unbranched alkanes of at least 4 members (excludes halogenated alkanes) is 9. The molecule has 0 aromatic heterocycles. The first-order chi connectivity index (χ1) is 10.1. The van der Waals surface area contributed by atoms with E-state index in [9.17, 15) is 9.59 Å². The zero-order valence-electron chi connectivity index (χ0n) is 13.5. The van der Waals surface area contributed by atoms with Crippen molar-refractivity contribution in [1.29, 1.82) is 0 Å². The van der Waals surface area contributed by atoms with Gasteiger partial charge >= 0.3 is 11.9 Å². The molecule has 0 bridgehead atoms. The van der Waals surface area contributed by atoms with Gasteiger partial charge in [0.15, 0.2) is 0 Å². The number of rotatable bonds is 13. The molecule has 0 heterocycles. The quantitative estimate of drug-likeness (QED) is 0.309. The van der Waals surface area contributed by atoms with E-state index >= 15 is 0 Å².